The molecule has 4 saturated heterocycles. The lowest BCUT2D eigenvalue weighted by Gasteiger charge is -2.36. The average Bonchev–Trinajstić information content (AvgIpc) is 1.20. The number of rotatable bonds is 8. The molecule has 10 atom stereocenters. The predicted octanol–water partition coefficient (Wildman–Crippen LogP) is 2.20. The number of benzene rings is 2. The summed E-state index contributed by atoms with van der Waals surface area (Å²) in [4.78, 5) is 200. The summed E-state index contributed by atoms with van der Waals surface area (Å²) in [5, 5.41) is 14.1. The number of cyclic esters (lactones) is 2. The van der Waals surface area contributed by atoms with Gasteiger partial charge in [-0.2, -0.15) is 0 Å². The Labute approximate surface area is 545 Å². The minimum Gasteiger partial charge on any atom is -0.458 e. The Balaban J connectivity index is 1.21. The zero-order chi connectivity index (χ0) is 69.5. The monoisotopic (exact) mass is 1310 g/mol. The van der Waals surface area contributed by atoms with Gasteiger partial charge in [-0.05, 0) is 95.6 Å². The molecule has 5 aliphatic rings. The Bertz CT molecular complexity index is 3660. The topological polar surface area (TPSA) is 355 Å². The van der Waals surface area contributed by atoms with Crippen molar-refractivity contribution in [2.75, 3.05) is 59.7 Å². The fourth-order valence-electron chi connectivity index (χ4n) is 12.9. The molecule has 0 unspecified atom stereocenters. The van der Waals surface area contributed by atoms with Crippen molar-refractivity contribution in [3.8, 4) is 11.5 Å². The van der Waals surface area contributed by atoms with Gasteiger partial charge in [-0.25, -0.2) is 19.4 Å². The van der Waals surface area contributed by atoms with Crippen molar-refractivity contribution >= 4 is 93.5 Å². The highest BCUT2D eigenvalue weighted by Gasteiger charge is 2.47. The third kappa shape index (κ3) is 13.9. The average molecular weight is 1310 g/mol. The number of carbonyl (C=O) groups is 12. The maximum atomic E-state index is 15.7. The van der Waals surface area contributed by atoms with Gasteiger partial charge in [0, 0.05) is 46.8 Å². The van der Waals surface area contributed by atoms with E-state index in [-0.39, 0.29) is 76.7 Å². The fourth-order valence-corrected chi connectivity index (χ4v) is 12.9. The van der Waals surface area contributed by atoms with Crippen LogP contribution in [0.25, 0.3) is 11.1 Å². The molecule has 1 aromatic heterocycles. The minimum absolute atomic E-state index is 0.00943. The van der Waals surface area contributed by atoms with Gasteiger partial charge >= 0.3 is 17.6 Å². The molecule has 10 amide bonds. The Hall–Kier alpha value is -9.18. The molecule has 5 N–H and O–H groups in total. The zero-order valence-corrected chi connectivity index (χ0v) is 56.5. The zero-order valence-electron chi connectivity index (χ0n) is 56.5. The number of hydrogen-bond donors (Lipinski definition) is 5. The second kappa shape index (κ2) is 28.2. The maximum absolute atomic E-state index is 15.7. The molecule has 2 aromatic carbocycles. The first-order chi connectivity index (χ1) is 44.1. The van der Waals surface area contributed by atoms with E-state index >= 15 is 14.4 Å². The van der Waals surface area contributed by atoms with E-state index in [1.54, 1.807) is 62.3 Å². The minimum atomic E-state index is -1.86. The molecule has 4 fully saturated rings. The van der Waals surface area contributed by atoms with Crippen LogP contribution in [0, 0.1) is 44.4 Å². The highest BCUT2D eigenvalue weighted by Crippen LogP contribution is 2.51. The molecular formula is C65H88N12O17. The number of aryl methyl sites for hydroxylation is 3. The lowest BCUT2D eigenvalue weighted by atomic mass is 9.98. The lowest BCUT2D eigenvalue weighted by molar-refractivity contribution is -0.163. The van der Waals surface area contributed by atoms with Crippen LogP contribution in [0.2, 0.25) is 0 Å². The first kappa shape index (κ1) is 70.7. The van der Waals surface area contributed by atoms with Crippen molar-refractivity contribution in [2.45, 2.75) is 176 Å². The molecular weight excluding hydrogens is 1220 g/mol. The molecule has 29 heteroatoms. The van der Waals surface area contributed by atoms with Gasteiger partial charge < -0.3 is 74.6 Å². The van der Waals surface area contributed by atoms with Crippen molar-refractivity contribution in [1.29, 1.82) is 0 Å². The van der Waals surface area contributed by atoms with E-state index < -0.39 is 180 Å². The molecule has 6 heterocycles. The fraction of sp³-hybridized carbons (Fsp3) is 0.600. The summed E-state index contributed by atoms with van der Waals surface area (Å²) in [6.07, 6.45) is -1.63. The number of nitrogens with zero attached hydrogens (tertiary/aromatic N) is 7. The van der Waals surface area contributed by atoms with E-state index in [9.17, 15) is 47.9 Å². The first-order valence-electron chi connectivity index (χ1n) is 31.9. The SMILES string of the molecule is Cc1ccc(C(=O)N[C@@H]2C(=O)N[C@H](C(C)C)C(=O)N3CCC[C@H]3C(=O)N(C)CC(=O)N(C)[C@@H](C(C)C)C(=O)O[C@@H]2C)c2c1Oc1c(c(C(=O)N[C@@H]3C(=O)N[C@H](C(C)C)C(=O)N4CCC[C@H]4C(=O)N(C)CC(=O)N(C)[C@@H](C(C)C)C(=O)O[C@@H]3C)c3nc(C)c(=O)oc3c1C)N2. The molecule has 8 rings (SSSR count). The van der Waals surface area contributed by atoms with Crippen molar-refractivity contribution < 1.29 is 76.2 Å². The second-order valence-corrected chi connectivity index (χ2v) is 26.6. The van der Waals surface area contributed by atoms with Gasteiger partial charge in [-0.15, -0.1) is 0 Å². The number of nitrogens with one attached hydrogen (secondary N) is 5. The van der Waals surface area contributed by atoms with E-state index in [2.05, 4.69) is 31.6 Å². The van der Waals surface area contributed by atoms with Gasteiger partial charge in [0.25, 0.3) is 11.8 Å². The molecule has 29 nitrogen and oxygen atoms in total. The molecule has 0 radical (unpaired) electrons. The van der Waals surface area contributed by atoms with Crippen LogP contribution in [0.4, 0.5) is 11.4 Å². The summed E-state index contributed by atoms with van der Waals surface area (Å²) >= 11 is 0. The van der Waals surface area contributed by atoms with Crippen LogP contribution in [0.5, 0.6) is 11.5 Å². The number of fused-ring (bicyclic) bond motifs is 5. The van der Waals surface area contributed by atoms with Gasteiger partial charge in [-0.3, -0.25) is 47.9 Å². The Morgan fingerprint density at radius 3 is 1.47 bits per heavy atom. The van der Waals surface area contributed by atoms with Crippen LogP contribution in [-0.2, 0) is 57.4 Å². The highest BCUT2D eigenvalue weighted by molar-refractivity contribution is 6.15. The molecule has 5 aliphatic heterocycles. The van der Waals surface area contributed by atoms with Crippen LogP contribution in [-0.4, -0.2) is 220 Å². The number of amides is 10. The highest BCUT2D eigenvalue weighted by atomic mass is 16.6. The number of anilines is 2. The van der Waals surface area contributed by atoms with Gasteiger partial charge in [0.1, 0.15) is 71.8 Å². The summed E-state index contributed by atoms with van der Waals surface area (Å²) < 4.78 is 24.5. The van der Waals surface area contributed by atoms with Crippen molar-refractivity contribution in [3.05, 3.63) is 50.5 Å². The van der Waals surface area contributed by atoms with E-state index in [4.69, 9.17) is 18.6 Å². The predicted molar refractivity (Wildman–Crippen MR) is 339 cm³/mol. The Morgan fingerprint density at radius 1 is 0.585 bits per heavy atom. The van der Waals surface area contributed by atoms with Crippen molar-refractivity contribution in [2.24, 2.45) is 23.7 Å². The summed E-state index contributed by atoms with van der Waals surface area (Å²) in [6.45, 7) is 20.1. The molecule has 94 heavy (non-hydrogen) atoms. The largest absolute Gasteiger partial charge is 0.458 e. The Kier molecular flexibility index (Phi) is 21.2. The third-order valence-corrected chi connectivity index (χ3v) is 18.3. The van der Waals surface area contributed by atoms with Gasteiger partial charge in [-0.1, -0.05) is 61.5 Å². The molecule has 3 aromatic rings. The number of aromatic nitrogens is 1. The van der Waals surface area contributed by atoms with E-state index in [0.29, 0.717) is 18.4 Å². The van der Waals surface area contributed by atoms with Gasteiger partial charge in [0.2, 0.25) is 47.3 Å². The molecule has 0 aliphatic carbocycles. The van der Waals surface area contributed by atoms with Crippen molar-refractivity contribution in [3.63, 3.8) is 0 Å². The smallest absolute Gasteiger partial charge is 0.357 e. The van der Waals surface area contributed by atoms with Crippen LogP contribution in [0.1, 0.15) is 132 Å². The normalized spacial score (nSPS) is 25.8. The number of likely N-dealkylation sites (N-methyl/N-ethyl adjacent to an activating group) is 4. The number of ether oxygens (including phenoxy) is 3. The van der Waals surface area contributed by atoms with Crippen LogP contribution in [0.3, 0.4) is 0 Å². The Morgan fingerprint density at radius 2 is 1.03 bits per heavy atom. The maximum Gasteiger partial charge on any atom is 0.357 e. The van der Waals surface area contributed by atoms with Gasteiger partial charge in [0.05, 0.1) is 35.6 Å². The summed E-state index contributed by atoms with van der Waals surface area (Å²) in [6, 6.07) is -7.77. The quantitative estimate of drug-likeness (QED) is 0.158. The summed E-state index contributed by atoms with van der Waals surface area (Å²) in [5.41, 5.74) is -1.93. The summed E-state index contributed by atoms with van der Waals surface area (Å²) in [7, 11) is 5.62. The molecule has 0 spiro atoms. The summed E-state index contributed by atoms with van der Waals surface area (Å²) in [5.74, 6) is -11.9. The number of hydrogen-bond acceptors (Lipinski definition) is 19. The van der Waals surface area contributed by atoms with E-state index in [1.165, 1.54) is 87.6 Å². The molecule has 0 saturated carbocycles. The molecule has 510 valence electrons. The van der Waals surface area contributed by atoms with E-state index in [1.807, 2.05) is 0 Å². The van der Waals surface area contributed by atoms with Crippen LogP contribution >= 0.6 is 0 Å². The van der Waals surface area contributed by atoms with Crippen molar-refractivity contribution in [1.82, 2.24) is 55.7 Å². The van der Waals surface area contributed by atoms with Gasteiger partial charge in [0.15, 0.2) is 17.1 Å². The van der Waals surface area contributed by atoms with E-state index in [0.717, 1.165) is 9.80 Å². The van der Waals surface area contributed by atoms with Crippen LogP contribution < -0.4 is 36.9 Å². The van der Waals surface area contributed by atoms with Crippen LogP contribution in [0.15, 0.2) is 21.3 Å². The molecule has 0 bridgehead atoms. The lowest BCUT2D eigenvalue weighted by Crippen LogP contribution is -2.61. The third-order valence-electron chi connectivity index (χ3n) is 18.3. The first-order valence-corrected chi connectivity index (χ1v) is 31.9. The number of carbonyl (C=O) groups excluding carboxylic acids is 12. The standard InChI is InChI=1S/C65H88N12O17/c1-28(2)43-61(86)76-24-18-20-38(76)59(84)72(14)26-40(78)74(16)50(30(5)6)64(89)91-35(12)45(57(82)68-43)70-55(80)37-23-22-32(9)52-47(37)67-49-42(48-54(33(10)53(49)93-52)94-63(88)34(11)66-48)56(81)71-46-36(13)92-65(90)51(31(7)8)75(17)41(79)27-73(15)60(85)39-21-19-25-77(39)62(87)44(29(3)4)69-58(46)83/h22-23,28-31,35-36,38-39,43-46,50-51,67H,18-21,24-27H2,1-17H3,(H,68,82)(H,69,83)(H,70,80)(H,71,81)/t35-,36-,38+,39+,43-,44-,45+,46+,50+,51+/m1/s1. The number of esters is 2. The second-order valence-electron chi connectivity index (χ2n) is 26.6.